The van der Waals surface area contributed by atoms with E-state index in [0.717, 1.165) is 11.3 Å². The molecule has 1 heterocycles. The van der Waals surface area contributed by atoms with Crippen molar-refractivity contribution in [3.8, 4) is 0 Å². The first-order valence-electron chi connectivity index (χ1n) is 5.79. The standard InChI is InChI=1S/C14H15N3O2/c1-9-3-5-10(6-4-9)17(2)13-12(15)11(14(18)19)7-8-16-13/h3-8H,15H2,1-2H3,(H,18,19). The highest BCUT2D eigenvalue weighted by atomic mass is 16.4. The molecule has 19 heavy (non-hydrogen) atoms. The summed E-state index contributed by atoms with van der Waals surface area (Å²) in [7, 11) is 1.80. The van der Waals surface area contributed by atoms with Crippen LogP contribution in [0, 0.1) is 6.92 Å². The SMILES string of the molecule is Cc1ccc(N(C)c2nccc(C(=O)O)c2N)cc1. The third kappa shape index (κ3) is 2.49. The van der Waals surface area contributed by atoms with E-state index in [9.17, 15) is 4.79 Å². The molecule has 0 spiro atoms. The molecule has 3 N–H and O–H groups in total. The normalized spacial score (nSPS) is 10.2. The quantitative estimate of drug-likeness (QED) is 0.882. The summed E-state index contributed by atoms with van der Waals surface area (Å²) in [6.07, 6.45) is 1.44. The first kappa shape index (κ1) is 12.9. The van der Waals surface area contributed by atoms with Crippen molar-refractivity contribution in [3.63, 3.8) is 0 Å². The van der Waals surface area contributed by atoms with Gasteiger partial charge in [-0.1, -0.05) is 17.7 Å². The van der Waals surface area contributed by atoms with E-state index in [2.05, 4.69) is 4.98 Å². The van der Waals surface area contributed by atoms with Gasteiger partial charge in [-0.25, -0.2) is 9.78 Å². The Balaban J connectivity index is 2.44. The lowest BCUT2D eigenvalue weighted by Crippen LogP contribution is -2.15. The van der Waals surface area contributed by atoms with Crippen LogP contribution in [0.25, 0.3) is 0 Å². The van der Waals surface area contributed by atoms with Crippen LogP contribution in [0.4, 0.5) is 17.2 Å². The van der Waals surface area contributed by atoms with Crippen molar-refractivity contribution < 1.29 is 9.90 Å². The second-order valence-electron chi connectivity index (χ2n) is 4.30. The fourth-order valence-corrected chi connectivity index (χ4v) is 1.81. The van der Waals surface area contributed by atoms with E-state index >= 15 is 0 Å². The molecule has 0 bridgehead atoms. The van der Waals surface area contributed by atoms with E-state index < -0.39 is 5.97 Å². The molecule has 2 rings (SSSR count). The van der Waals surface area contributed by atoms with Gasteiger partial charge in [-0.05, 0) is 25.1 Å². The van der Waals surface area contributed by atoms with Crippen molar-refractivity contribution in [3.05, 3.63) is 47.7 Å². The molecule has 1 aromatic carbocycles. The fourth-order valence-electron chi connectivity index (χ4n) is 1.81. The lowest BCUT2D eigenvalue weighted by atomic mass is 10.2. The molecule has 98 valence electrons. The number of aryl methyl sites for hydroxylation is 1. The molecule has 0 radical (unpaired) electrons. The topological polar surface area (TPSA) is 79.5 Å². The number of benzene rings is 1. The summed E-state index contributed by atoms with van der Waals surface area (Å²) in [5.41, 5.74) is 8.14. The van der Waals surface area contributed by atoms with Gasteiger partial charge in [0.2, 0.25) is 0 Å². The minimum atomic E-state index is -1.06. The Labute approximate surface area is 111 Å². The van der Waals surface area contributed by atoms with Crippen LogP contribution >= 0.6 is 0 Å². The molecular formula is C14H15N3O2. The Morgan fingerprint density at radius 1 is 1.26 bits per heavy atom. The lowest BCUT2D eigenvalue weighted by Gasteiger charge is -2.20. The maximum atomic E-state index is 11.1. The van der Waals surface area contributed by atoms with Gasteiger partial charge < -0.3 is 15.7 Å². The number of hydrogen-bond acceptors (Lipinski definition) is 4. The number of carboxylic acids is 1. The van der Waals surface area contributed by atoms with E-state index in [4.69, 9.17) is 10.8 Å². The number of nitrogens with zero attached hydrogens (tertiary/aromatic N) is 2. The van der Waals surface area contributed by atoms with Crippen molar-refractivity contribution >= 4 is 23.2 Å². The summed E-state index contributed by atoms with van der Waals surface area (Å²) in [6, 6.07) is 9.21. The van der Waals surface area contributed by atoms with Crippen LogP contribution in [0.1, 0.15) is 15.9 Å². The summed E-state index contributed by atoms with van der Waals surface area (Å²) < 4.78 is 0. The van der Waals surface area contributed by atoms with Crippen LogP contribution in [0.3, 0.4) is 0 Å². The van der Waals surface area contributed by atoms with E-state index in [1.54, 1.807) is 11.9 Å². The van der Waals surface area contributed by atoms with E-state index in [-0.39, 0.29) is 11.3 Å². The van der Waals surface area contributed by atoms with Gasteiger partial charge in [0.05, 0.1) is 11.3 Å². The van der Waals surface area contributed by atoms with E-state index in [1.807, 2.05) is 31.2 Å². The van der Waals surface area contributed by atoms with Crippen LogP contribution in [0.5, 0.6) is 0 Å². The lowest BCUT2D eigenvalue weighted by molar-refractivity contribution is 0.0698. The molecular weight excluding hydrogens is 242 g/mol. The third-order valence-corrected chi connectivity index (χ3v) is 2.94. The van der Waals surface area contributed by atoms with Crippen molar-refractivity contribution in [2.24, 2.45) is 0 Å². The number of carbonyl (C=O) groups is 1. The number of nitrogens with two attached hydrogens (primary N) is 1. The number of rotatable bonds is 3. The maximum absolute atomic E-state index is 11.1. The molecule has 1 aromatic heterocycles. The second-order valence-corrected chi connectivity index (χ2v) is 4.30. The van der Waals surface area contributed by atoms with Gasteiger partial charge in [-0.15, -0.1) is 0 Å². The number of pyridine rings is 1. The maximum Gasteiger partial charge on any atom is 0.337 e. The molecule has 5 nitrogen and oxygen atoms in total. The Morgan fingerprint density at radius 2 is 1.89 bits per heavy atom. The van der Waals surface area contributed by atoms with Gasteiger partial charge in [0.15, 0.2) is 5.82 Å². The minimum Gasteiger partial charge on any atom is -0.478 e. The zero-order valence-electron chi connectivity index (χ0n) is 10.8. The van der Waals surface area contributed by atoms with E-state index in [1.165, 1.54) is 12.3 Å². The Kier molecular flexibility index (Phi) is 3.37. The number of aromatic carboxylic acids is 1. The summed E-state index contributed by atoms with van der Waals surface area (Å²) in [5.74, 6) is -0.623. The Hall–Kier alpha value is -2.56. The van der Waals surface area contributed by atoms with Crippen LogP contribution in [-0.4, -0.2) is 23.1 Å². The average Bonchev–Trinajstić information content (AvgIpc) is 2.38. The van der Waals surface area contributed by atoms with Gasteiger partial charge in [0, 0.05) is 18.9 Å². The van der Waals surface area contributed by atoms with Crippen molar-refractivity contribution in [2.75, 3.05) is 17.7 Å². The number of hydrogen-bond donors (Lipinski definition) is 2. The first-order chi connectivity index (χ1) is 9.00. The van der Waals surface area contributed by atoms with Crippen LogP contribution in [-0.2, 0) is 0 Å². The highest BCUT2D eigenvalue weighted by Crippen LogP contribution is 2.29. The summed E-state index contributed by atoms with van der Waals surface area (Å²) in [5, 5.41) is 9.05. The number of nitrogen functional groups attached to an aromatic ring is 1. The molecule has 0 aliphatic heterocycles. The highest BCUT2D eigenvalue weighted by molar-refractivity contribution is 5.96. The van der Waals surface area contributed by atoms with Gasteiger partial charge in [-0.3, -0.25) is 0 Å². The molecule has 0 saturated carbocycles. The molecule has 0 aliphatic rings. The van der Waals surface area contributed by atoms with Crippen molar-refractivity contribution in [1.29, 1.82) is 0 Å². The van der Waals surface area contributed by atoms with Crippen LogP contribution in [0.15, 0.2) is 36.5 Å². The summed E-state index contributed by atoms with van der Waals surface area (Å²) in [6.45, 7) is 2.00. The van der Waals surface area contributed by atoms with Gasteiger partial charge in [0.1, 0.15) is 0 Å². The largest absolute Gasteiger partial charge is 0.478 e. The average molecular weight is 257 g/mol. The first-order valence-corrected chi connectivity index (χ1v) is 5.79. The zero-order chi connectivity index (χ0) is 14.0. The Morgan fingerprint density at radius 3 is 2.47 bits per heavy atom. The molecule has 2 aromatic rings. The fraction of sp³-hybridized carbons (Fsp3) is 0.143. The molecule has 0 fully saturated rings. The number of aromatic nitrogens is 1. The van der Waals surface area contributed by atoms with Crippen molar-refractivity contribution in [2.45, 2.75) is 6.92 Å². The predicted octanol–water partition coefficient (Wildman–Crippen LogP) is 2.44. The molecule has 0 saturated heterocycles. The molecule has 0 atom stereocenters. The summed E-state index contributed by atoms with van der Waals surface area (Å²) in [4.78, 5) is 17.0. The molecule has 0 unspecified atom stereocenters. The third-order valence-electron chi connectivity index (χ3n) is 2.94. The Bertz CT molecular complexity index is 609. The number of carboxylic acid groups (broad SMARTS) is 1. The minimum absolute atomic E-state index is 0.0592. The van der Waals surface area contributed by atoms with Gasteiger partial charge in [-0.2, -0.15) is 0 Å². The summed E-state index contributed by atoms with van der Waals surface area (Å²) >= 11 is 0. The predicted molar refractivity (Wildman–Crippen MR) is 74.9 cm³/mol. The molecule has 0 amide bonds. The van der Waals surface area contributed by atoms with Crippen molar-refractivity contribution in [1.82, 2.24) is 4.98 Å². The molecule has 5 heteroatoms. The van der Waals surface area contributed by atoms with Gasteiger partial charge >= 0.3 is 5.97 Å². The zero-order valence-corrected chi connectivity index (χ0v) is 10.8. The van der Waals surface area contributed by atoms with Crippen LogP contribution in [0.2, 0.25) is 0 Å². The van der Waals surface area contributed by atoms with Gasteiger partial charge in [0.25, 0.3) is 0 Å². The van der Waals surface area contributed by atoms with Crippen LogP contribution < -0.4 is 10.6 Å². The highest BCUT2D eigenvalue weighted by Gasteiger charge is 2.15. The second kappa shape index (κ2) is 4.97. The number of anilines is 3. The molecule has 0 aliphatic carbocycles. The monoisotopic (exact) mass is 257 g/mol. The smallest absolute Gasteiger partial charge is 0.337 e. The van der Waals surface area contributed by atoms with E-state index in [0.29, 0.717) is 5.82 Å².